The largest absolute Gasteiger partial charge is 0.354 e. The van der Waals surface area contributed by atoms with Crippen LogP contribution in [-0.4, -0.2) is 34.8 Å². The first kappa shape index (κ1) is 11.1. The molecule has 1 saturated heterocycles. The van der Waals surface area contributed by atoms with E-state index in [0.29, 0.717) is 6.54 Å². The van der Waals surface area contributed by atoms with E-state index in [0.717, 1.165) is 31.5 Å². The zero-order valence-electron chi connectivity index (χ0n) is 9.57. The van der Waals surface area contributed by atoms with E-state index in [1.54, 1.807) is 4.68 Å². The monoisotopic (exact) mass is 222 g/mol. The third-order valence-electron chi connectivity index (χ3n) is 2.83. The van der Waals surface area contributed by atoms with Gasteiger partial charge in [-0.1, -0.05) is 0 Å². The summed E-state index contributed by atoms with van der Waals surface area (Å²) in [7, 11) is 1.89. The number of carbonyl (C=O) groups excluding carboxylic acids is 1. The smallest absolute Gasteiger partial charge is 0.237 e. The van der Waals surface area contributed by atoms with Gasteiger partial charge in [-0.05, 0) is 25.5 Å². The summed E-state index contributed by atoms with van der Waals surface area (Å²) >= 11 is 0. The molecular weight excluding hydrogens is 204 g/mol. The highest BCUT2D eigenvalue weighted by Crippen LogP contribution is 2.04. The Labute approximate surface area is 95.2 Å². The summed E-state index contributed by atoms with van der Waals surface area (Å²) in [4.78, 5) is 11.6. The van der Waals surface area contributed by atoms with Gasteiger partial charge in [0.25, 0.3) is 0 Å². The number of nitrogens with one attached hydrogen (secondary N) is 2. The molecular formula is C11H18N4O. The fraction of sp³-hybridized carbons (Fsp3) is 0.636. The maximum Gasteiger partial charge on any atom is 0.237 e. The molecule has 88 valence electrons. The molecule has 5 nitrogen and oxygen atoms in total. The lowest BCUT2D eigenvalue weighted by Gasteiger charge is -2.10. The van der Waals surface area contributed by atoms with Gasteiger partial charge in [0.05, 0.1) is 11.7 Å². The maximum atomic E-state index is 11.6. The van der Waals surface area contributed by atoms with E-state index in [1.807, 2.05) is 19.3 Å². The Hall–Kier alpha value is -1.36. The first-order valence-electron chi connectivity index (χ1n) is 5.75. The van der Waals surface area contributed by atoms with Gasteiger partial charge in [0.1, 0.15) is 0 Å². The van der Waals surface area contributed by atoms with Gasteiger partial charge in [-0.3, -0.25) is 9.48 Å². The fourth-order valence-corrected chi connectivity index (χ4v) is 1.94. The fourth-order valence-electron chi connectivity index (χ4n) is 1.94. The molecule has 1 aromatic rings. The molecule has 1 aliphatic heterocycles. The molecule has 2 rings (SSSR count). The minimum atomic E-state index is 0.0173. The molecule has 1 atom stereocenters. The molecule has 1 aromatic heterocycles. The van der Waals surface area contributed by atoms with Crippen molar-refractivity contribution in [3.05, 3.63) is 18.0 Å². The zero-order valence-corrected chi connectivity index (χ0v) is 9.57. The van der Waals surface area contributed by atoms with Crippen LogP contribution in [0.3, 0.4) is 0 Å². The molecule has 2 N–H and O–H groups in total. The van der Waals surface area contributed by atoms with Crippen molar-refractivity contribution in [3.8, 4) is 0 Å². The number of rotatable bonds is 4. The van der Waals surface area contributed by atoms with Crippen molar-refractivity contribution in [2.45, 2.75) is 25.3 Å². The second-order valence-corrected chi connectivity index (χ2v) is 4.17. The standard InChI is InChI=1S/C11H18N4O/c1-15-8-5-9(14-15)4-7-13-11(16)10-3-2-6-12-10/h5,8,10,12H,2-4,6-7H2,1H3,(H,13,16)/t10-/m0/s1. The lowest BCUT2D eigenvalue weighted by atomic mass is 10.2. The van der Waals surface area contributed by atoms with Crippen LogP contribution in [-0.2, 0) is 18.3 Å². The molecule has 0 bridgehead atoms. The van der Waals surface area contributed by atoms with Crippen LogP contribution < -0.4 is 10.6 Å². The quantitative estimate of drug-likeness (QED) is 0.743. The second-order valence-electron chi connectivity index (χ2n) is 4.17. The number of carbonyl (C=O) groups is 1. The highest BCUT2D eigenvalue weighted by molar-refractivity contribution is 5.81. The third kappa shape index (κ3) is 2.82. The minimum Gasteiger partial charge on any atom is -0.354 e. The Bertz CT molecular complexity index is 355. The lowest BCUT2D eigenvalue weighted by Crippen LogP contribution is -2.41. The van der Waals surface area contributed by atoms with E-state index in [9.17, 15) is 4.79 Å². The SMILES string of the molecule is Cn1ccc(CCNC(=O)[C@@H]2CCCN2)n1. The number of amides is 1. The summed E-state index contributed by atoms with van der Waals surface area (Å²) in [6, 6.07) is 1.99. The van der Waals surface area contributed by atoms with Crippen LogP contribution in [0.25, 0.3) is 0 Å². The molecule has 1 fully saturated rings. The second kappa shape index (κ2) is 5.12. The van der Waals surface area contributed by atoms with Crippen molar-refractivity contribution in [3.63, 3.8) is 0 Å². The summed E-state index contributed by atoms with van der Waals surface area (Å²) in [5.74, 6) is 0.119. The summed E-state index contributed by atoms with van der Waals surface area (Å²) in [6.07, 6.45) is 4.75. The van der Waals surface area contributed by atoms with Crippen molar-refractivity contribution in [1.82, 2.24) is 20.4 Å². The molecule has 0 saturated carbocycles. The van der Waals surface area contributed by atoms with Crippen molar-refractivity contribution in [2.75, 3.05) is 13.1 Å². The highest BCUT2D eigenvalue weighted by atomic mass is 16.2. The maximum absolute atomic E-state index is 11.6. The van der Waals surface area contributed by atoms with Crippen LogP contribution in [0.4, 0.5) is 0 Å². The van der Waals surface area contributed by atoms with Crippen molar-refractivity contribution < 1.29 is 4.79 Å². The van der Waals surface area contributed by atoms with Gasteiger partial charge in [0.2, 0.25) is 5.91 Å². The van der Waals surface area contributed by atoms with Crippen LogP contribution in [0, 0.1) is 0 Å². The Kier molecular flexibility index (Phi) is 3.56. The number of hydrogen-bond donors (Lipinski definition) is 2. The molecule has 16 heavy (non-hydrogen) atoms. The van der Waals surface area contributed by atoms with Gasteiger partial charge in [0.15, 0.2) is 0 Å². The Morgan fingerprint density at radius 3 is 3.25 bits per heavy atom. The van der Waals surface area contributed by atoms with Gasteiger partial charge in [-0.2, -0.15) is 5.10 Å². The van der Waals surface area contributed by atoms with E-state index >= 15 is 0 Å². The third-order valence-corrected chi connectivity index (χ3v) is 2.83. The lowest BCUT2D eigenvalue weighted by molar-refractivity contribution is -0.122. The van der Waals surface area contributed by atoms with Crippen LogP contribution in [0.2, 0.25) is 0 Å². The molecule has 0 aromatic carbocycles. The topological polar surface area (TPSA) is 59.0 Å². The summed E-state index contributed by atoms with van der Waals surface area (Å²) in [5.41, 5.74) is 1.02. The highest BCUT2D eigenvalue weighted by Gasteiger charge is 2.21. The van der Waals surface area contributed by atoms with Gasteiger partial charge in [0, 0.05) is 26.2 Å². The van der Waals surface area contributed by atoms with Crippen molar-refractivity contribution in [2.24, 2.45) is 7.05 Å². The molecule has 5 heteroatoms. The Morgan fingerprint density at radius 2 is 2.62 bits per heavy atom. The van der Waals surface area contributed by atoms with Crippen LogP contribution >= 0.6 is 0 Å². The van der Waals surface area contributed by atoms with Crippen LogP contribution in [0.15, 0.2) is 12.3 Å². The molecule has 0 radical (unpaired) electrons. The van der Waals surface area contributed by atoms with Gasteiger partial charge in [-0.15, -0.1) is 0 Å². The zero-order chi connectivity index (χ0) is 11.4. The predicted octanol–water partition coefficient (Wildman–Crippen LogP) is -0.169. The molecule has 0 unspecified atom stereocenters. The van der Waals surface area contributed by atoms with E-state index in [-0.39, 0.29) is 11.9 Å². The first-order valence-corrected chi connectivity index (χ1v) is 5.75. The molecule has 1 amide bonds. The Morgan fingerprint density at radius 1 is 1.75 bits per heavy atom. The molecule has 0 aliphatic carbocycles. The van der Waals surface area contributed by atoms with Crippen LogP contribution in [0.5, 0.6) is 0 Å². The van der Waals surface area contributed by atoms with E-state index in [4.69, 9.17) is 0 Å². The normalized spacial score (nSPS) is 19.9. The van der Waals surface area contributed by atoms with Gasteiger partial charge >= 0.3 is 0 Å². The summed E-state index contributed by atoms with van der Waals surface area (Å²) in [6.45, 7) is 1.62. The predicted molar refractivity (Wildman–Crippen MR) is 60.9 cm³/mol. The van der Waals surface area contributed by atoms with E-state index < -0.39 is 0 Å². The van der Waals surface area contributed by atoms with E-state index in [1.165, 1.54) is 0 Å². The molecule has 1 aliphatic rings. The summed E-state index contributed by atoms with van der Waals surface area (Å²) in [5, 5.41) is 10.4. The number of aryl methyl sites for hydroxylation is 1. The van der Waals surface area contributed by atoms with E-state index in [2.05, 4.69) is 15.7 Å². The summed E-state index contributed by atoms with van der Waals surface area (Å²) < 4.78 is 1.77. The first-order chi connectivity index (χ1) is 7.75. The van der Waals surface area contributed by atoms with Crippen molar-refractivity contribution in [1.29, 1.82) is 0 Å². The number of aromatic nitrogens is 2. The average molecular weight is 222 g/mol. The molecule has 0 spiro atoms. The number of nitrogens with zero attached hydrogens (tertiary/aromatic N) is 2. The average Bonchev–Trinajstić information content (AvgIpc) is 2.89. The molecule has 2 heterocycles. The van der Waals surface area contributed by atoms with Crippen molar-refractivity contribution >= 4 is 5.91 Å². The number of hydrogen-bond acceptors (Lipinski definition) is 3. The minimum absolute atomic E-state index is 0.0173. The van der Waals surface area contributed by atoms with Gasteiger partial charge in [-0.25, -0.2) is 0 Å². The Balaban J connectivity index is 1.69. The van der Waals surface area contributed by atoms with Gasteiger partial charge < -0.3 is 10.6 Å². The van der Waals surface area contributed by atoms with Crippen LogP contribution in [0.1, 0.15) is 18.5 Å².